The van der Waals surface area contributed by atoms with E-state index in [0.717, 1.165) is 18.4 Å². The van der Waals surface area contributed by atoms with E-state index in [-0.39, 0.29) is 23.9 Å². The van der Waals surface area contributed by atoms with E-state index in [2.05, 4.69) is 15.4 Å². The maximum Gasteiger partial charge on any atom is 0.264 e. The molecule has 0 aliphatic heterocycles. The summed E-state index contributed by atoms with van der Waals surface area (Å²) >= 11 is 6.09. The summed E-state index contributed by atoms with van der Waals surface area (Å²) < 4.78 is 28.7. The second-order valence-electron chi connectivity index (χ2n) is 7.11. The van der Waals surface area contributed by atoms with Crippen LogP contribution in [-0.2, 0) is 11.3 Å². The number of benzene rings is 1. The van der Waals surface area contributed by atoms with Crippen LogP contribution in [0.2, 0.25) is 5.02 Å². The van der Waals surface area contributed by atoms with Crippen molar-refractivity contribution in [2.24, 2.45) is 0 Å². The fourth-order valence-corrected chi connectivity index (χ4v) is 3.52. The molecule has 1 fully saturated rings. The fraction of sp³-hybridized carbons (Fsp3) is 0.350. The lowest BCUT2D eigenvalue weighted by atomic mass is 10.1. The molecular weight excluding hydrogens is 386 g/mol. The molecule has 1 amide bonds. The number of aromatic nitrogens is 3. The normalized spacial score (nSPS) is 14.1. The summed E-state index contributed by atoms with van der Waals surface area (Å²) in [5.41, 5.74) is 2.71. The maximum absolute atomic E-state index is 13.6. The zero-order valence-corrected chi connectivity index (χ0v) is 16.2. The third kappa shape index (κ3) is 3.46. The van der Waals surface area contributed by atoms with Crippen molar-refractivity contribution < 1.29 is 13.6 Å². The van der Waals surface area contributed by atoms with Gasteiger partial charge in [0.2, 0.25) is 5.91 Å². The van der Waals surface area contributed by atoms with E-state index in [4.69, 9.17) is 11.6 Å². The zero-order valence-electron chi connectivity index (χ0n) is 15.5. The van der Waals surface area contributed by atoms with Crippen LogP contribution >= 0.6 is 11.6 Å². The maximum atomic E-state index is 13.6. The molecule has 3 aromatic rings. The van der Waals surface area contributed by atoms with E-state index in [1.807, 2.05) is 6.92 Å². The molecule has 1 aliphatic carbocycles. The number of fused-ring (bicyclic) bond motifs is 1. The highest BCUT2D eigenvalue weighted by Gasteiger charge is 2.29. The van der Waals surface area contributed by atoms with Crippen molar-refractivity contribution in [3.8, 4) is 0 Å². The number of hydrogen-bond acceptors (Lipinski definition) is 3. The summed E-state index contributed by atoms with van der Waals surface area (Å²) in [5.74, 6) is -0.111. The zero-order chi connectivity index (χ0) is 20.0. The number of carbonyl (C=O) groups is 1. The quantitative estimate of drug-likeness (QED) is 0.639. The Labute approximate surface area is 165 Å². The highest BCUT2D eigenvalue weighted by molar-refractivity contribution is 6.31. The molecule has 0 atom stereocenters. The van der Waals surface area contributed by atoms with Crippen LogP contribution in [0.25, 0.3) is 11.0 Å². The third-order valence-corrected chi connectivity index (χ3v) is 5.40. The topological polar surface area (TPSA) is 59.8 Å². The Hall–Kier alpha value is -2.54. The van der Waals surface area contributed by atoms with E-state index < -0.39 is 6.43 Å². The summed E-state index contributed by atoms with van der Waals surface area (Å²) in [6.07, 6.45) is -0.728. The lowest BCUT2D eigenvalue weighted by molar-refractivity contribution is -0.116. The number of anilines is 1. The van der Waals surface area contributed by atoms with Crippen molar-refractivity contribution in [1.82, 2.24) is 14.8 Å². The Morgan fingerprint density at radius 3 is 2.79 bits per heavy atom. The molecule has 1 aromatic carbocycles. The molecule has 8 heteroatoms. The first kappa shape index (κ1) is 18.8. The SMILES string of the molecule is Cc1c(Cl)cccc1NC(=O)Cn1nc(C)c2c(C(F)F)cc(C3CC3)nc21. The molecule has 0 bridgehead atoms. The summed E-state index contributed by atoms with van der Waals surface area (Å²) in [6.45, 7) is 3.34. The van der Waals surface area contributed by atoms with Gasteiger partial charge in [0.15, 0.2) is 5.65 Å². The summed E-state index contributed by atoms with van der Waals surface area (Å²) in [5, 5.41) is 7.99. The van der Waals surface area contributed by atoms with Crippen LogP contribution in [0.4, 0.5) is 14.5 Å². The van der Waals surface area contributed by atoms with Gasteiger partial charge in [0, 0.05) is 27.9 Å². The minimum Gasteiger partial charge on any atom is -0.324 e. The van der Waals surface area contributed by atoms with E-state index in [9.17, 15) is 13.6 Å². The monoisotopic (exact) mass is 404 g/mol. The predicted molar refractivity (Wildman–Crippen MR) is 104 cm³/mol. The lowest BCUT2D eigenvalue weighted by Crippen LogP contribution is -2.20. The van der Waals surface area contributed by atoms with Gasteiger partial charge in [-0.3, -0.25) is 4.79 Å². The molecule has 4 rings (SSSR count). The minimum absolute atomic E-state index is 0.0678. The number of rotatable bonds is 5. The minimum atomic E-state index is -2.62. The Morgan fingerprint density at radius 1 is 1.36 bits per heavy atom. The molecule has 2 aromatic heterocycles. The number of alkyl halides is 2. The smallest absolute Gasteiger partial charge is 0.264 e. The summed E-state index contributed by atoms with van der Waals surface area (Å²) in [7, 11) is 0. The van der Waals surface area contributed by atoms with Crippen molar-refractivity contribution in [1.29, 1.82) is 0 Å². The number of amides is 1. The van der Waals surface area contributed by atoms with Gasteiger partial charge in [0.1, 0.15) is 6.54 Å². The molecule has 146 valence electrons. The van der Waals surface area contributed by atoms with Gasteiger partial charge in [-0.15, -0.1) is 0 Å². The number of halogens is 3. The number of hydrogen-bond donors (Lipinski definition) is 1. The third-order valence-electron chi connectivity index (χ3n) is 4.99. The molecule has 1 N–H and O–H groups in total. The Balaban J connectivity index is 1.68. The van der Waals surface area contributed by atoms with Gasteiger partial charge in [-0.25, -0.2) is 18.4 Å². The van der Waals surface area contributed by atoms with Gasteiger partial charge in [0.05, 0.1) is 11.1 Å². The predicted octanol–water partition coefficient (Wildman–Crippen LogP) is 5.16. The number of pyridine rings is 1. The first-order valence-electron chi connectivity index (χ1n) is 9.06. The summed E-state index contributed by atoms with van der Waals surface area (Å²) in [6, 6.07) is 6.73. The van der Waals surface area contributed by atoms with Gasteiger partial charge in [0.25, 0.3) is 6.43 Å². The average molecular weight is 405 g/mol. The highest BCUT2D eigenvalue weighted by Crippen LogP contribution is 2.41. The summed E-state index contributed by atoms with van der Waals surface area (Å²) in [4.78, 5) is 17.1. The lowest BCUT2D eigenvalue weighted by Gasteiger charge is -2.10. The molecule has 28 heavy (non-hydrogen) atoms. The molecular formula is C20H19ClF2N4O. The fourth-order valence-electron chi connectivity index (χ4n) is 3.35. The number of carbonyl (C=O) groups excluding carboxylic acids is 1. The number of nitrogens with one attached hydrogen (secondary N) is 1. The van der Waals surface area contributed by atoms with Crippen LogP contribution < -0.4 is 5.32 Å². The first-order valence-corrected chi connectivity index (χ1v) is 9.44. The molecule has 5 nitrogen and oxygen atoms in total. The van der Waals surface area contributed by atoms with E-state index in [0.29, 0.717) is 33.1 Å². The molecule has 0 radical (unpaired) electrons. The van der Waals surface area contributed by atoms with Crippen molar-refractivity contribution >= 4 is 34.2 Å². The molecule has 1 saturated carbocycles. The Morgan fingerprint density at radius 2 is 2.11 bits per heavy atom. The first-order chi connectivity index (χ1) is 13.3. The van der Waals surface area contributed by atoms with Gasteiger partial charge in [-0.1, -0.05) is 17.7 Å². The van der Waals surface area contributed by atoms with E-state index in [1.54, 1.807) is 25.1 Å². The van der Waals surface area contributed by atoms with E-state index >= 15 is 0 Å². The van der Waals surface area contributed by atoms with Crippen LogP contribution in [0.3, 0.4) is 0 Å². The van der Waals surface area contributed by atoms with E-state index in [1.165, 1.54) is 10.7 Å². The standard InChI is InChI=1S/C20H19ClF2N4O/c1-10-14(21)4-3-5-15(10)24-17(28)9-27-20-18(11(2)26-27)13(19(22)23)8-16(25-20)12-6-7-12/h3-5,8,12,19H,6-7,9H2,1-2H3,(H,24,28). The van der Waals surface area contributed by atoms with Crippen molar-refractivity contribution in [2.75, 3.05) is 5.32 Å². The van der Waals surface area contributed by atoms with Crippen LogP contribution in [0.15, 0.2) is 24.3 Å². The second kappa shape index (κ2) is 7.13. The number of aryl methyl sites for hydroxylation is 1. The van der Waals surface area contributed by atoms with Gasteiger partial charge < -0.3 is 5.32 Å². The van der Waals surface area contributed by atoms with Crippen molar-refractivity contribution in [3.63, 3.8) is 0 Å². The van der Waals surface area contributed by atoms with Crippen molar-refractivity contribution in [3.05, 3.63) is 51.8 Å². The van der Waals surface area contributed by atoms with Crippen molar-refractivity contribution in [2.45, 2.75) is 45.6 Å². The van der Waals surface area contributed by atoms with Gasteiger partial charge in [-0.2, -0.15) is 5.10 Å². The van der Waals surface area contributed by atoms with Crippen LogP contribution in [0, 0.1) is 13.8 Å². The number of nitrogens with zero attached hydrogens (tertiary/aromatic N) is 3. The van der Waals surface area contributed by atoms with Crippen LogP contribution in [-0.4, -0.2) is 20.7 Å². The molecule has 0 unspecified atom stereocenters. The molecule has 2 heterocycles. The van der Waals surface area contributed by atoms with Crippen LogP contribution in [0.5, 0.6) is 0 Å². The Bertz CT molecular complexity index is 1080. The highest BCUT2D eigenvalue weighted by atomic mass is 35.5. The van der Waals surface area contributed by atoms with Crippen LogP contribution in [0.1, 0.15) is 47.7 Å². The second-order valence-corrected chi connectivity index (χ2v) is 7.52. The van der Waals surface area contributed by atoms with Gasteiger partial charge >= 0.3 is 0 Å². The van der Waals surface area contributed by atoms with Gasteiger partial charge in [-0.05, 0) is 50.5 Å². The molecule has 1 aliphatic rings. The Kier molecular flexibility index (Phi) is 4.79. The average Bonchev–Trinajstić information content (AvgIpc) is 3.44. The largest absolute Gasteiger partial charge is 0.324 e. The molecule has 0 spiro atoms. The molecule has 0 saturated heterocycles.